The molecular weight excluding hydrogens is 241 g/mol. The van der Waals surface area contributed by atoms with Gasteiger partial charge in [0.05, 0.1) is 0 Å². The van der Waals surface area contributed by atoms with Crippen molar-refractivity contribution in [3.05, 3.63) is 35.6 Å². The fraction of sp³-hybridized carbons (Fsp3) is 0.625. The van der Waals surface area contributed by atoms with Crippen LogP contribution >= 0.6 is 0 Å². The summed E-state index contributed by atoms with van der Waals surface area (Å²) in [6.45, 7) is 2.06. The average molecular weight is 265 g/mol. The van der Waals surface area contributed by atoms with E-state index >= 15 is 0 Å². The van der Waals surface area contributed by atoms with E-state index in [1.807, 2.05) is 12.1 Å². The smallest absolute Gasteiger partial charge is 0.123 e. The van der Waals surface area contributed by atoms with Crippen LogP contribution in [0.15, 0.2) is 24.3 Å². The number of aliphatic hydroxyl groups excluding tert-OH is 1. The van der Waals surface area contributed by atoms with Gasteiger partial charge in [0.2, 0.25) is 0 Å². The Kier molecular flexibility index (Phi) is 5.34. The molecule has 0 spiro atoms. The normalized spacial score (nSPS) is 18.4. The summed E-state index contributed by atoms with van der Waals surface area (Å²) >= 11 is 0. The van der Waals surface area contributed by atoms with Crippen LogP contribution in [0, 0.1) is 11.2 Å². The van der Waals surface area contributed by atoms with Crippen LogP contribution in [0.1, 0.15) is 37.7 Å². The monoisotopic (exact) mass is 265 g/mol. The molecule has 106 valence electrons. The quantitative estimate of drug-likeness (QED) is 0.775. The Morgan fingerprint density at radius 1 is 1.11 bits per heavy atom. The molecule has 1 aromatic rings. The molecule has 0 aliphatic heterocycles. The van der Waals surface area contributed by atoms with Crippen LogP contribution < -0.4 is 5.32 Å². The molecule has 0 unspecified atom stereocenters. The minimum Gasteiger partial charge on any atom is -0.396 e. The number of rotatable bonds is 6. The fourth-order valence-corrected chi connectivity index (χ4v) is 2.93. The van der Waals surface area contributed by atoms with Gasteiger partial charge in [-0.1, -0.05) is 31.4 Å². The van der Waals surface area contributed by atoms with Crippen molar-refractivity contribution in [3.63, 3.8) is 0 Å². The average Bonchev–Trinajstić information content (AvgIpc) is 2.46. The highest BCUT2D eigenvalue weighted by molar-refractivity contribution is 5.16. The van der Waals surface area contributed by atoms with Crippen LogP contribution in [0.3, 0.4) is 0 Å². The summed E-state index contributed by atoms with van der Waals surface area (Å²) in [6.07, 6.45) is 6.94. The van der Waals surface area contributed by atoms with Crippen molar-refractivity contribution >= 4 is 0 Å². The number of halogens is 1. The van der Waals surface area contributed by atoms with E-state index in [9.17, 15) is 9.50 Å². The van der Waals surface area contributed by atoms with Gasteiger partial charge in [0, 0.05) is 18.6 Å². The lowest BCUT2D eigenvalue weighted by Crippen LogP contribution is -2.39. The Balaban J connectivity index is 1.72. The largest absolute Gasteiger partial charge is 0.396 e. The SMILES string of the molecule is OCC1(CNCCc2ccc(F)cc2)CCCCC1. The zero-order chi connectivity index (χ0) is 13.6. The van der Waals surface area contributed by atoms with Crippen LogP contribution in [0.4, 0.5) is 4.39 Å². The summed E-state index contributed by atoms with van der Waals surface area (Å²) in [5.74, 6) is -0.182. The minimum atomic E-state index is -0.182. The number of benzene rings is 1. The number of hydrogen-bond donors (Lipinski definition) is 2. The van der Waals surface area contributed by atoms with Crippen LogP contribution in [-0.4, -0.2) is 24.8 Å². The zero-order valence-corrected chi connectivity index (χ0v) is 11.5. The third-order valence-electron chi connectivity index (χ3n) is 4.25. The second kappa shape index (κ2) is 7.01. The van der Waals surface area contributed by atoms with E-state index in [0.29, 0.717) is 0 Å². The van der Waals surface area contributed by atoms with Gasteiger partial charge in [-0.25, -0.2) is 4.39 Å². The maximum Gasteiger partial charge on any atom is 0.123 e. The van der Waals surface area contributed by atoms with Gasteiger partial charge in [0.1, 0.15) is 5.82 Å². The molecule has 1 saturated carbocycles. The topological polar surface area (TPSA) is 32.3 Å². The fourth-order valence-electron chi connectivity index (χ4n) is 2.93. The van der Waals surface area contributed by atoms with Crippen molar-refractivity contribution in [3.8, 4) is 0 Å². The summed E-state index contributed by atoms with van der Waals surface area (Å²) < 4.78 is 12.8. The summed E-state index contributed by atoms with van der Waals surface area (Å²) in [5.41, 5.74) is 1.25. The van der Waals surface area contributed by atoms with Gasteiger partial charge >= 0.3 is 0 Å². The van der Waals surface area contributed by atoms with Crippen molar-refractivity contribution in [2.45, 2.75) is 38.5 Å². The van der Waals surface area contributed by atoms with Gasteiger partial charge in [-0.3, -0.25) is 0 Å². The highest BCUT2D eigenvalue weighted by atomic mass is 19.1. The Hall–Kier alpha value is -0.930. The van der Waals surface area contributed by atoms with E-state index in [-0.39, 0.29) is 17.8 Å². The van der Waals surface area contributed by atoms with E-state index < -0.39 is 0 Å². The summed E-state index contributed by atoms with van der Waals surface area (Å²) in [7, 11) is 0. The standard InChI is InChI=1S/C16H24FNO/c17-15-6-4-14(5-7-15)8-11-18-12-16(13-19)9-2-1-3-10-16/h4-7,18-19H,1-3,8-13H2. The molecule has 3 heteroatoms. The predicted octanol–water partition coefficient (Wildman–Crippen LogP) is 2.90. The van der Waals surface area contributed by atoms with Gasteiger partial charge in [-0.15, -0.1) is 0 Å². The Morgan fingerprint density at radius 2 is 1.79 bits per heavy atom. The minimum absolute atomic E-state index is 0.0983. The van der Waals surface area contributed by atoms with E-state index in [2.05, 4.69) is 5.32 Å². The predicted molar refractivity (Wildman–Crippen MR) is 75.6 cm³/mol. The summed E-state index contributed by atoms with van der Waals surface area (Å²) in [4.78, 5) is 0. The zero-order valence-electron chi connectivity index (χ0n) is 11.5. The molecule has 2 N–H and O–H groups in total. The molecule has 0 amide bonds. The van der Waals surface area contributed by atoms with Gasteiger partial charge < -0.3 is 10.4 Å². The molecule has 0 heterocycles. The van der Waals surface area contributed by atoms with Crippen LogP contribution in [0.5, 0.6) is 0 Å². The molecule has 0 saturated heterocycles. The molecule has 0 aromatic heterocycles. The van der Waals surface area contributed by atoms with Crippen molar-refractivity contribution < 1.29 is 9.50 Å². The Morgan fingerprint density at radius 3 is 2.42 bits per heavy atom. The number of nitrogens with one attached hydrogen (secondary N) is 1. The molecule has 2 nitrogen and oxygen atoms in total. The van der Waals surface area contributed by atoms with E-state index in [0.717, 1.165) is 37.9 Å². The number of aliphatic hydroxyl groups is 1. The molecule has 19 heavy (non-hydrogen) atoms. The highest BCUT2D eigenvalue weighted by Gasteiger charge is 2.30. The molecule has 2 rings (SSSR count). The summed E-state index contributed by atoms with van der Waals surface area (Å²) in [6, 6.07) is 6.68. The van der Waals surface area contributed by atoms with Crippen LogP contribution in [0.2, 0.25) is 0 Å². The first-order valence-electron chi connectivity index (χ1n) is 7.30. The maximum atomic E-state index is 12.8. The molecule has 0 radical (unpaired) electrons. The summed E-state index contributed by atoms with van der Waals surface area (Å²) in [5, 5.41) is 13.1. The second-order valence-corrected chi connectivity index (χ2v) is 5.77. The van der Waals surface area contributed by atoms with E-state index in [4.69, 9.17) is 0 Å². The van der Waals surface area contributed by atoms with Crippen molar-refractivity contribution in [2.75, 3.05) is 19.7 Å². The van der Waals surface area contributed by atoms with Gasteiger partial charge in [0.25, 0.3) is 0 Å². The Labute approximate surface area is 115 Å². The van der Waals surface area contributed by atoms with Gasteiger partial charge in [0.15, 0.2) is 0 Å². The molecule has 1 aromatic carbocycles. The third kappa shape index (κ3) is 4.29. The molecule has 1 aliphatic rings. The molecule has 0 bridgehead atoms. The van der Waals surface area contributed by atoms with Crippen LogP contribution in [-0.2, 0) is 6.42 Å². The first-order chi connectivity index (χ1) is 9.24. The maximum absolute atomic E-state index is 12.8. The Bertz CT molecular complexity index is 371. The second-order valence-electron chi connectivity index (χ2n) is 5.77. The highest BCUT2D eigenvalue weighted by Crippen LogP contribution is 2.35. The lowest BCUT2D eigenvalue weighted by molar-refractivity contribution is 0.0816. The van der Waals surface area contributed by atoms with Crippen molar-refractivity contribution in [1.82, 2.24) is 5.32 Å². The first-order valence-corrected chi connectivity index (χ1v) is 7.30. The lowest BCUT2D eigenvalue weighted by atomic mass is 9.74. The molecule has 0 atom stereocenters. The van der Waals surface area contributed by atoms with Crippen molar-refractivity contribution in [2.24, 2.45) is 5.41 Å². The molecule has 1 aliphatic carbocycles. The van der Waals surface area contributed by atoms with E-state index in [1.165, 1.54) is 31.4 Å². The third-order valence-corrected chi connectivity index (χ3v) is 4.25. The van der Waals surface area contributed by atoms with Gasteiger partial charge in [-0.05, 0) is 43.5 Å². The van der Waals surface area contributed by atoms with Crippen LogP contribution in [0.25, 0.3) is 0 Å². The molecule has 1 fully saturated rings. The van der Waals surface area contributed by atoms with Gasteiger partial charge in [-0.2, -0.15) is 0 Å². The van der Waals surface area contributed by atoms with E-state index in [1.54, 1.807) is 0 Å². The lowest BCUT2D eigenvalue weighted by Gasteiger charge is -2.35. The molecular formula is C16H24FNO. The number of hydrogen-bond acceptors (Lipinski definition) is 2. The first kappa shape index (κ1) is 14.5. The van der Waals surface area contributed by atoms with Crippen molar-refractivity contribution in [1.29, 1.82) is 0 Å².